The fourth-order valence-electron chi connectivity index (χ4n) is 2.03. The molecule has 19 heavy (non-hydrogen) atoms. The normalized spacial score (nSPS) is 12.5. The number of carbonyl (C=O) groups excluding carboxylic acids is 1. The van der Waals surface area contributed by atoms with Gasteiger partial charge in [-0.15, -0.1) is 0 Å². The lowest BCUT2D eigenvalue weighted by atomic mass is 9.96. The largest absolute Gasteiger partial charge is 0.469 e. The van der Waals surface area contributed by atoms with Gasteiger partial charge < -0.3 is 10.1 Å². The van der Waals surface area contributed by atoms with Gasteiger partial charge in [-0.3, -0.25) is 4.79 Å². The number of benzene rings is 1. The second kappa shape index (κ2) is 7.29. The molecule has 1 aromatic carbocycles. The van der Waals surface area contributed by atoms with Gasteiger partial charge in [-0.1, -0.05) is 32.0 Å². The molecule has 0 radical (unpaired) electrons. The molecular formula is C16H25NO2. The molecule has 0 saturated heterocycles. The Morgan fingerprint density at radius 2 is 1.95 bits per heavy atom. The van der Waals surface area contributed by atoms with E-state index in [9.17, 15) is 4.79 Å². The van der Waals surface area contributed by atoms with E-state index >= 15 is 0 Å². The Balaban J connectivity index is 2.52. The van der Waals surface area contributed by atoms with Gasteiger partial charge in [-0.25, -0.2) is 0 Å². The molecule has 0 fully saturated rings. The Labute approximate surface area is 116 Å². The topological polar surface area (TPSA) is 38.3 Å². The Morgan fingerprint density at radius 3 is 2.47 bits per heavy atom. The monoisotopic (exact) mass is 263 g/mol. The second-order valence-electron chi connectivity index (χ2n) is 5.42. The molecule has 1 N–H and O–H groups in total. The van der Waals surface area contributed by atoms with Crippen molar-refractivity contribution in [3.63, 3.8) is 0 Å². The van der Waals surface area contributed by atoms with E-state index in [2.05, 4.69) is 37.4 Å². The first-order valence-corrected chi connectivity index (χ1v) is 6.80. The maximum atomic E-state index is 11.6. The lowest BCUT2D eigenvalue weighted by Gasteiger charge is -2.19. The number of esters is 1. The Hall–Kier alpha value is -1.35. The molecule has 0 aliphatic carbocycles. The van der Waals surface area contributed by atoms with Crippen LogP contribution in [-0.4, -0.2) is 19.6 Å². The summed E-state index contributed by atoms with van der Waals surface area (Å²) in [5, 5.41) is 3.34. The van der Waals surface area contributed by atoms with E-state index in [4.69, 9.17) is 4.74 Å². The zero-order valence-electron chi connectivity index (χ0n) is 12.6. The molecular weight excluding hydrogens is 238 g/mol. The third-order valence-electron chi connectivity index (χ3n) is 3.57. The first kappa shape index (κ1) is 15.7. The van der Waals surface area contributed by atoms with Crippen LogP contribution in [0.2, 0.25) is 0 Å². The number of aryl methyl sites for hydroxylation is 2. The van der Waals surface area contributed by atoms with Crippen molar-refractivity contribution in [2.45, 2.75) is 34.2 Å². The molecule has 0 aliphatic heterocycles. The highest BCUT2D eigenvalue weighted by molar-refractivity contribution is 5.72. The fraction of sp³-hybridized carbons (Fsp3) is 0.562. The zero-order valence-corrected chi connectivity index (χ0v) is 12.6. The number of carbonyl (C=O) groups is 1. The van der Waals surface area contributed by atoms with Crippen molar-refractivity contribution in [3.05, 3.63) is 34.9 Å². The van der Waals surface area contributed by atoms with Crippen LogP contribution in [0.1, 0.15) is 30.5 Å². The molecule has 0 heterocycles. The van der Waals surface area contributed by atoms with E-state index in [1.54, 1.807) is 0 Å². The molecule has 1 atom stereocenters. The Morgan fingerprint density at radius 1 is 1.26 bits per heavy atom. The summed E-state index contributed by atoms with van der Waals surface area (Å²) in [5.74, 6) is 0.0545. The smallest absolute Gasteiger partial charge is 0.310 e. The summed E-state index contributed by atoms with van der Waals surface area (Å²) in [5.41, 5.74) is 3.85. The second-order valence-corrected chi connectivity index (χ2v) is 5.42. The molecule has 0 aliphatic rings. The van der Waals surface area contributed by atoms with Crippen molar-refractivity contribution in [2.75, 3.05) is 13.7 Å². The van der Waals surface area contributed by atoms with E-state index in [1.165, 1.54) is 23.8 Å². The predicted octanol–water partition coefficient (Wildman–Crippen LogP) is 2.84. The van der Waals surface area contributed by atoms with Crippen LogP contribution in [0, 0.1) is 25.7 Å². The number of nitrogens with one attached hydrogen (secondary N) is 1. The van der Waals surface area contributed by atoms with Gasteiger partial charge in [0.25, 0.3) is 0 Å². The molecule has 0 amide bonds. The van der Waals surface area contributed by atoms with Crippen molar-refractivity contribution in [1.29, 1.82) is 0 Å². The molecule has 3 heteroatoms. The average molecular weight is 263 g/mol. The molecule has 3 nitrogen and oxygen atoms in total. The zero-order chi connectivity index (χ0) is 14.4. The van der Waals surface area contributed by atoms with E-state index in [-0.39, 0.29) is 17.8 Å². The van der Waals surface area contributed by atoms with Crippen molar-refractivity contribution in [3.8, 4) is 0 Å². The van der Waals surface area contributed by atoms with Crippen LogP contribution < -0.4 is 5.32 Å². The SMILES string of the molecule is COC(=O)C(CNCc1ccc(C)c(C)c1)C(C)C. The number of hydrogen-bond donors (Lipinski definition) is 1. The highest BCUT2D eigenvalue weighted by Gasteiger charge is 2.22. The van der Waals surface area contributed by atoms with Crippen LogP contribution in [0.3, 0.4) is 0 Å². The molecule has 106 valence electrons. The lowest BCUT2D eigenvalue weighted by Crippen LogP contribution is -2.32. The quantitative estimate of drug-likeness (QED) is 0.802. The Bertz CT molecular complexity index is 427. The van der Waals surface area contributed by atoms with Gasteiger partial charge in [0.15, 0.2) is 0 Å². The van der Waals surface area contributed by atoms with Crippen LogP contribution in [0.4, 0.5) is 0 Å². The van der Waals surface area contributed by atoms with Gasteiger partial charge in [0, 0.05) is 13.1 Å². The molecule has 0 aromatic heterocycles. The Kier molecular flexibility index (Phi) is 6.03. The standard InChI is InChI=1S/C16H25NO2/c1-11(2)15(16(18)19-5)10-17-9-14-7-6-12(3)13(4)8-14/h6-8,11,15,17H,9-10H2,1-5H3. The first-order chi connectivity index (χ1) is 8.95. The van der Waals surface area contributed by atoms with E-state index in [0.717, 1.165) is 6.54 Å². The van der Waals surface area contributed by atoms with Crippen LogP contribution >= 0.6 is 0 Å². The summed E-state index contributed by atoms with van der Waals surface area (Å²) in [7, 11) is 1.45. The van der Waals surface area contributed by atoms with Crippen molar-refractivity contribution < 1.29 is 9.53 Å². The number of methoxy groups -OCH3 is 1. The van der Waals surface area contributed by atoms with Crippen LogP contribution in [0.15, 0.2) is 18.2 Å². The minimum atomic E-state index is -0.136. The van der Waals surface area contributed by atoms with Gasteiger partial charge in [0.2, 0.25) is 0 Å². The summed E-state index contributed by atoms with van der Waals surface area (Å²) >= 11 is 0. The van der Waals surface area contributed by atoms with Gasteiger partial charge in [-0.05, 0) is 36.5 Å². The number of ether oxygens (including phenoxy) is 1. The number of rotatable bonds is 6. The molecule has 1 aromatic rings. The van der Waals surface area contributed by atoms with Crippen LogP contribution in [-0.2, 0) is 16.1 Å². The molecule has 0 spiro atoms. The number of hydrogen-bond acceptors (Lipinski definition) is 3. The third-order valence-corrected chi connectivity index (χ3v) is 3.57. The molecule has 0 saturated carbocycles. The lowest BCUT2D eigenvalue weighted by molar-refractivity contribution is -0.146. The molecule has 1 unspecified atom stereocenters. The van der Waals surface area contributed by atoms with E-state index < -0.39 is 0 Å². The summed E-state index contributed by atoms with van der Waals surface area (Å²) in [6.07, 6.45) is 0. The minimum Gasteiger partial charge on any atom is -0.469 e. The van der Waals surface area contributed by atoms with E-state index in [1.807, 2.05) is 13.8 Å². The van der Waals surface area contributed by atoms with Gasteiger partial charge in [0.05, 0.1) is 13.0 Å². The van der Waals surface area contributed by atoms with Crippen molar-refractivity contribution in [1.82, 2.24) is 5.32 Å². The van der Waals surface area contributed by atoms with Crippen LogP contribution in [0.5, 0.6) is 0 Å². The highest BCUT2D eigenvalue weighted by atomic mass is 16.5. The highest BCUT2D eigenvalue weighted by Crippen LogP contribution is 2.13. The fourth-order valence-corrected chi connectivity index (χ4v) is 2.03. The summed E-state index contributed by atoms with van der Waals surface area (Å²) in [6.45, 7) is 9.74. The maximum Gasteiger partial charge on any atom is 0.310 e. The van der Waals surface area contributed by atoms with Gasteiger partial charge in [-0.2, -0.15) is 0 Å². The maximum absolute atomic E-state index is 11.6. The summed E-state index contributed by atoms with van der Waals surface area (Å²) < 4.78 is 4.83. The predicted molar refractivity (Wildman–Crippen MR) is 78.0 cm³/mol. The van der Waals surface area contributed by atoms with Crippen molar-refractivity contribution in [2.24, 2.45) is 11.8 Å². The van der Waals surface area contributed by atoms with E-state index in [0.29, 0.717) is 6.54 Å². The average Bonchev–Trinajstić information content (AvgIpc) is 2.37. The van der Waals surface area contributed by atoms with Gasteiger partial charge in [0.1, 0.15) is 0 Å². The van der Waals surface area contributed by atoms with Crippen molar-refractivity contribution >= 4 is 5.97 Å². The third kappa shape index (κ3) is 4.67. The minimum absolute atomic E-state index is 0.0865. The molecule has 0 bridgehead atoms. The summed E-state index contributed by atoms with van der Waals surface area (Å²) in [4.78, 5) is 11.6. The first-order valence-electron chi connectivity index (χ1n) is 6.80. The van der Waals surface area contributed by atoms with Gasteiger partial charge >= 0.3 is 5.97 Å². The van der Waals surface area contributed by atoms with Crippen LogP contribution in [0.25, 0.3) is 0 Å². The summed E-state index contributed by atoms with van der Waals surface area (Å²) in [6, 6.07) is 6.44. The molecule has 1 rings (SSSR count).